The zero-order chi connectivity index (χ0) is 11.4. The Bertz CT molecular complexity index is 223. The lowest BCUT2D eigenvalue weighted by molar-refractivity contribution is -0.122. The number of likely N-dealkylation sites (tertiary alicyclic amines) is 1. The maximum Gasteiger partial charge on any atom is 0.234 e. The second-order valence-electron chi connectivity index (χ2n) is 4.88. The Labute approximate surface area is 104 Å². The van der Waals surface area contributed by atoms with Gasteiger partial charge in [-0.1, -0.05) is 13.8 Å². The molecule has 1 heterocycles. The van der Waals surface area contributed by atoms with Crippen molar-refractivity contribution in [2.45, 2.75) is 39.3 Å². The molecule has 16 heavy (non-hydrogen) atoms. The van der Waals surface area contributed by atoms with Gasteiger partial charge in [-0.15, -0.1) is 12.4 Å². The fourth-order valence-electron chi connectivity index (χ4n) is 1.68. The lowest BCUT2D eigenvalue weighted by Gasteiger charge is -2.20. The fraction of sp³-hybridized carbons (Fsp3) is 0.909. The van der Waals surface area contributed by atoms with E-state index in [1.54, 1.807) is 0 Å². The van der Waals surface area contributed by atoms with E-state index < -0.39 is 0 Å². The van der Waals surface area contributed by atoms with Crippen LogP contribution in [0.4, 0.5) is 0 Å². The van der Waals surface area contributed by atoms with Gasteiger partial charge < -0.3 is 11.1 Å². The molecule has 1 aliphatic heterocycles. The highest BCUT2D eigenvalue weighted by atomic mass is 35.5. The Morgan fingerprint density at radius 2 is 2.12 bits per heavy atom. The van der Waals surface area contributed by atoms with E-state index in [2.05, 4.69) is 24.1 Å². The summed E-state index contributed by atoms with van der Waals surface area (Å²) < 4.78 is 0. The molecule has 1 aliphatic rings. The minimum absolute atomic E-state index is 0. The average Bonchev–Trinajstić information content (AvgIpc) is 2.50. The van der Waals surface area contributed by atoms with Crippen LogP contribution in [0.5, 0.6) is 0 Å². The van der Waals surface area contributed by atoms with Crippen molar-refractivity contribution < 1.29 is 4.79 Å². The first-order valence-corrected chi connectivity index (χ1v) is 5.76. The van der Waals surface area contributed by atoms with E-state index >= 15 is 0 Å². The summed E-state index contributed by atoms with van der Waals surface area (Å²) in [6.07, 6.45) is 1.01. The number of halogens is 1. The number of hydrogen-bond acceptors (Lipinski definition) is 3. The third kappa shape index (κ3) is 5.14. The minimum atomic E-state index is 0. The molecule has 1 saturated heterocycles. The Balaban J connectivity index is 0.00000225. The summed E-state index contributed by atoms with van der Waals surface area (Å²) in [6.45, 7) is 8.55. The standard InChI is InChI=1S/C11H23N3O.ClH/c1-8(2)9(3)13-11(15)7-14-5-4-10(12)6-14;/h8-10H,4-7,12H2,1-3H3,(H,13,15);1H. The summed E-state index contributed by atoms with van der Waals surface area (Å²) in [6, 6.07) is 0.495. The maximum absolute atomic E-state index is 11.6. The first-order valence-electron chi connectivity index (χ1n) is 5.76. The molecular formula is C11H24ClN3O. The fourth-order valence-corrected chi connectivity index (χ4v) is 1.68. The molecular weight excluding hydrogens is 226 g/mol. The van der Waals surface area contributed by atoms with Crippen molar-refractivity contribution in [2.24, 2.45) is 11.7 Å². The zero-order valence-corrected chi connectivity index (χ0v) is 11.2. The first-order chi connectivity index (χ1) is 6.99. The lowest BCUT2D eigenvalue weighted by Crippen LogP contribution is -2.42. The predicted molar refractivity (Wildman–Crippen MR) is 68.7 cm³/mol. The van der Waals surface area contributed by atoms with Crippen LogP contribution in [0.1, 0.15) is 27.2 Å². The van der Waals surface area contributed by atoms with E-state index in [0.717, 1.165) is 19.5 Å². The van der Waals surface area contributed by atoms with Gasteiger partial charge in [0.25, 0.3) is 0 Å². The molecule has 0 aliphatic carbocycles. The molecule has 3 N–H and O–H groups in total. The van der Waals surface area contributed by atoms with Gasteiger partial charge in [0, 0.05) is 25.2 Å². The third-order valence-corrected chi connectivity index (χ3v) is 3.06. The summed E-state index contributed by atoms with van der Waals surface area (Å²) in [5, 5.41) is 3.00. The van der Waals surface area contributed by atoms with E-state index in [4.69, 9.17) is 5.73 Å². The lowest BCUT2D eigenvalue weighted by atomic mass is 10.1. The van der Waals surface area contributed by atoms with E-state index in [-0.39, 0.29) is 30.4 Å². The number of hydrogen-bond donors (Lipinski definition) is 2. The summed E-state index contributed by atoms with van der Waals surface area (Å²) in [7, 11) is 0. The molecule has 0 radical (unpaired) electrons. The molecule has 0 bridgehead atoms. The van der Waals surface area contributed by atoms with Gasteiger partial charge in [0.2, 0.25) is 5.91 Å². The molecule has 0 aromatic rings. The molecule has 1 amide bonds. The number of nitrogens with two attached hydrogens (primary N) is 1. The number of nitrogens with zero attached hydrogens (tertiary/aromatic N) is 1. The van der Waals surface area contributed by atoms with Gasteiger partial charge in [-0.05, 0) is 19.3 Å². The summed E-state index contributed by atoms with van der Waals surface area (Å²) >= 11 is 0. The van der Waals surface area contributed by atoms with E-state index in [0.29, 0.717) is 12.5 Å². The Hall–Kier alpha value is -0.320. The van der Waals surface area contributed by atoms with Crippen LogP contribution in [-0.2, 0) is 4.79 Å². The predicted octanol–water partition coefficient (Wildman–Crippen LogP) is 0.602. The van der Waals surface area contributed by atoms with Gasteiger partial charge in [-0.2, -0.15) is 0 Å². The van der Waals surface area contributed by atoms with Crippen molar-refractivity contribution in [1.82, 2.24) is 10.2 Å². The number of carbonyl (C=O) groups excluding carboxylic acids is 1. The van der Waals surface area contributed by atoms with E-state index in [9.17, 15) is 4.79 Å². The van der Waals surface area contributed by atoms with E-state index in [1.165, 1.54) is 0 Å². The molecule has 2 unspecified atom stereocenters. The Kier molecular flexibility index (Phi) is 6.95. The molecule has 4 nitrogen and oxygen atoms in total. The van der Waals surface area contributed by atoms with Gasteiger partial charge in [0.15, 0.2) is 0 Å². The van der Waals surface area contributed by atoms with Gasteiger partial charge in [-0.3, -0.25) is 9.69 Å². The number of nitrogens with one attached hydrogen (secondary N) is 1. The van der Waals surface area contributed by atoms with Crippen LogP contribution >= 0.6 is 12.4 Å². The molecule has 0 spiro atoms. The van der Waals surface area contributed by atoms with Crippen LogP contribution in [0.25, 0.3) is 0 Å². The Morgan fingerprint density at radius 3 is 2.56 bits per heavy atom. The molecule has 5 heteroatoms. The van der Waals surface area contributed by atoms with Crippen molar-refractivity contribution in [3.63, 3.8) is 0 Å². The number of amides is 1. The average molecular weight is 250 g/mol. The SMILES string of the molecule is CC(C)C(C)NC(=O)CN1CCC(N)C1.Cl. The molecule has 1 fully saturated rings. The normalized spacial score (nSPS) is 22.9. The van der Waals surface area contributed by atoms with Crippen LogP contribution in [-0.4, -0.2) is 42.5 Å². The van der Waals surface area contributed by atoms with Gasteiger partial charge in [-0.25, -0.2) is 0 Å². The third-order valence-electron chi connectivity index (χ3n) is 3.06. The highest BCUT2D eigenvalue weighted by Crippen LogP contribution is 2.06. The van der Waals surface area contributed by atoms with Crippen molar-refractivity contribution in [3.05, 3.63) is 0 Å². The van der Waals surface area contributed by atoms with Crippen LogP contribution in [0.2, 0.25) is 0 Å². The van der Waals surface area contributed by atoms with Crippen molar-refractivity contribution >= 4 is 18.3 Å². The van der Waals surface area contributed by atoms with Gasteiger partial charge in [0.05, 0.1) is 6.54 Å². The second-order valence-corrected chi connectivity index (χ2v) is 4.88. The number of carbonyl (C=O) groups is 1. The second kappa shape index (κ2) is 7.09. The van der Waals surface area contributed by atoms with Gasteiger partial charge in [0.1, 0.15) is 0 Å². The smallest absolute Gasteiger partial charge is 0.234 e. The zero-order valence-electron chi connectivity index (χ0n) is 10.4. The monoisotopic (exact) mass is 249 g/mol. The summed E-state index contributed by atoms with van der Waals surface area (Å²) in [5.74, 6) is 0.597. The largest absolute Gasteiger partial charge is 0.352 e. The molecule has 96 valence electrons. The topological polar surface area (TPSA) is 58.4 Å². The van der Waals surface area contributed by atoms with Crippen LogP contribution in [0, 0.1) is 5.92 Å². The van der Waals surface area contributed by atoms with E-state index in [1.807, 2.05) is 6.92 Å². The van der Waals surface area contributed by atoms with Crippen LogP contribution in [0.15, 0.2) is 0 Å². The highest BCUT2D eigenvalue weighted by molar-refractivity contribution is 5.85. The van der Waals surface area contributed by atoms with Crippen LogP contribution in [0.3, 0.4) is 0 Å². The van der Waals surface area contributed by atoms with Gasteiger partial charge >= 0.3 is 0 Å². The van der Waals surface area contributed by atoms with Crippen molar-refractivity contribution in [2.75, 3.05) is 19.6 Å². The molecule has 0 aromatic carbocycles. The highest BCUT2D eigenvalue weighted by Gasteiger charge is 2.21. The molecule has 1 rings (SSSR count). The molecule has 0 saturated carbocycles. The number of rotatable bonds is 4. The molecule has 0 aromatic heterocycles. The first kappa shape index (κ1) is 15.7. The van der Waals surface area contributed by atoms with Crippen molar-refractivity contribution in [1.29, 1.82) is 0 Å². The maximum atomic E-state index is 11.6. The quantitative estimate of drug-likeness (QED) is 0.767. The van der Waals surface area contributed by atoms with Crippen LogP contribution < -0.4 is 11.1 Å². The minimum Gasteiger partial charge on any atom is -0.352 e. The van der Waals surface area contributed by atoms with Crippen molar-refractivity contribution in [3.8, 4) is 0 Å². The molecule has 2 atom stereocenters. The Morgan fingerprint density at radius 1 is 1.50 bits per heavy atom. The summed E-state index contributed by atoms with van der Waals surface area (Å²) in [4.78, 5) is 13.7. The summed E-state index contributed by atoms with van der Waals surface area (Å²) in [5.41, 5.74) is 5.78.